The third-order valence-electron chi connectivity index (χ3n) is 2.34. The van der Waals surface area contributed by atoms with E-state index in [-0.39, 0.29) is 31.1 Å². The van der Waals surface area contributed by atoms with Crippen LogP contribution >= 0.6 is 0 Å². The van der Waals surface area contributed by atoms with E-state index < -0.39 is 12.0 Å². The van der Waals surface area contributed by atoms with Crippen LogP contribution in [-0.2, 0) is 14.4 Å². The number of nitrogens with two attached hydrogens (primary N) is 1. The molecule has 0 aliphatic carbocycles. The molecule has 0 saturated carbocycles. The van der Waals surface area contributed by atoms with Crippen molar-refractivity contribution in [3.05, 3.63) is 0 Å². The number of hydrogen-bond acceptors (Lipinski definition) is 4. The quantitative estimate of drug-likeness (QED) is 0.152. The van der Waals surface area contributed by atoms with Gasteiger partial charge in [-0.05, 0) is 19.3 Å². The van der Waals surface area contributed by atoms with Gasteiger partial charge in [0.1, 0.15) is 12.3 Å². The van der Waals surface area contributed by atoms with Crippen molar-refractivity contribution in [1.29, 1.82) is 5.41 Å². The fraction of sp³-hybridized carbons (Fsp3) is 0.636. The summed E-state index contributed by atoms with van der Waals surface area (Å²) in [6.07, 6.45) is 2.26. The summed E-state index contributed by atoms with van der Waals surface area (Å²) in [6, 6.07) is -0.961. The van der Waals surface area contributed by atoms with Crippen LogP contribution in [0.5, 0.6) is 0 Å². The molecule has 1 atom stereocenters. The Morgan fingerprint density at radius 1 is 1.37 bits per heavy atom. The molecule has 108 valence electrons. The van der Waals surface area contributed by atoms with Gasteiger partial charge in [0, 0.05) is 19.4 Å². The summed E-state index contributed by atoms with van der Waals surface area (Å²) in [5.74, 6) is -1.66. The second-order valence-electron chi connectivity index (χ2n) is 4.00. The van der Waals surface area contributed by atoms with Crippen molar-refractivity contribution in [1.82, 2.24) is 10.6 Å². The zero-order valence-corrected chi connectivity index (χ0v) is 10.6. The lowest BCUT2D eigenvalue weighted by molar-refractivity contribution is -0.142. The summed E-state index contributed by atoms with van der Waals surface area (Å²) in [4.78, 5) is 32.4. The van der Waals surface area contributed by atoms with Crippen LogP contribution in [0.15, 0.2) is 0 Å². The lowest BCUT2D eigenvalue weighted by Crippen LogP contribution is -2.41. The average Bonchev–Trinajstić information content (AvgIpc) is 2.32. The number of aldehydes is 1. The maximum atomic E-state index is 11.4. The first-order chi connectivity index (χ1) is 8.97. The van der Waals surface area contributed by atoms with Crippen LogP contribution in [-0.4, -0.2) is 41.8 Å². The number of carbonyl (C=O) groups is 3. The Kier molecular flexibility index (Phi) is 8.76. The van der Waals surface area contributed by atoms with Crippen molar-refractivity contribution in [2.45, 2.75) is 38.1 Å². The predicted molar refractivity (Wildman–Crippen MR) is 68.6 cm³/mol. The van der Waals surface area contributed by atoms with E-state index in [2.05, 4.69) is 10.6 Å². The van der Waals surface area contributed by atoms with Crippen molar-refractivity contribution in [3.63, 3.8) is 0 Å². The van der Waals surface area contributed by atoms with E-state index >= 15 is 0 Å². The normalized spacial score (nSPS) is 11.4. The third-order valence-corrected chi connectivity index (χ3v) is 2.34. The number of nitrogens with one attached hydrogen (secondary N) is 3. The number of carbonyl (C=O) groups excluding carboxylic acids is 2. The van der Waals surface area contributed by atoms with Crippen molar-refractivity contribution in [3.8, 4) is 0 Å². The number of rotatable bonds is 10. The highest BCUT2D eigenvalue weighted by molar-refractivity contribution is 5.83. The molecule has 1 amide bonds. The number of aliphatic carboxylic acids is 1. The molecule has 0 radical (unpaired) electrons. The van der Waals surface area contributed by atoms with E-state index in [1.807, 2.05) is 0 Å². The smallest absolute Gasteiger partial charge is 0.326 e. The highest BCUT2D eigenvalue weighted by Gasteiger charge is 2.18. The number of carboxylic acids is 1. The molecule has 0 aromatic heterocycles. The Hall–Kier alpha value is -2.12. The Labute approximate surface area is 111 Å². The van der Waals surface area contributed by atoms with E-state index in [0.29, 0.717) is 19.4 Å². The molecule has 8 heteroatoms. The monoisotopic (exact) mass is 272 g/mol. The minimum absolute atomic E-state index is 0.133. The highest BCUT2D eigenvalue weighted by Crippen LogP contribution is 2.00. The highest BCUT2D eigenvalue weighted by atomic mass is 16.4. The van der Waals surface area contributed by atoms with Gasteiger partial charge in [0.2, 0.25) is 5.91 Å². The Morgan fingerprint density at radius 2 is 2.05 bits per heavy atom. The zero-order valence-electron chi connectivity index (χ0n) is 10.6. The largest absolute Gasteiger partial charge is 0.480 e. The van der Waals surface area contributed by atoms with Gasteiger partial charge in [-0.15, -0.1) is 0 Å². The standard InChI is InChI=1S/C11H20N4O4/c12-11(13)14-6-3-4-8(10(18)19)15-9(17)5-1-2-7-16/h7-8H,1-6H2,(H,15,17)(H,18,19)(H4,12,13,14)/t8-/m0/s1. The van der Waals surface area contributed by atoms with Gasteiger partial charge in [-0.25, -0.2) is 4.79 Å². The summed E-state index contributed by atoms with van der Waals surface area (Å²) in [6.45, 7) is 0.375. The lowest BCUT2D eigenvalue weighted by Gasteiger charge is -2.14. The molecule has 0 aliphatic rings. The first-order valence-corrected chi connectivity index (χ1v) is 6.01. The zero-order chi connectivity index (χ0) is 14.7. The van der Waals surface area contributed by atoms with Gasteiger partial charge in [-0.1, -0.05) is 0 Å². The molecule has 19 heavy (non-hydrogen) atoms. The summed E-state index contributed by atoms with van der Waals surface area (Å²) in [5, 5.41) is 20.8. The summed E-state index contributed by atoms with van der Waals surface area (Å²) < 4.78 is 0. The second kappa shape index (κ2) is 9.86. The van der Waals surface area contributed by atoms with E-state index in [1.54, 1.807) is 0 Å². The minimum atomic E-state index is -1.11. The Bertz CT molecular complexity index is 333. The molecule has 0 rings (SSSR count). The topological polar surface area (TPSA) is 145 Å². The molecular weight excluding hydrogens is 252 g/mol. The molecule has 0 aromatic rings. The van der Waals surface area contributed by atoms with E-state index in [9.17, 15) is 14.4 Å². The first kappa shape index (κ1) is 16.9. The Balaban J connectivity index is 3.97. The van der Waals surface area contributed by atoms with Crippen LogP contribution in [0.2, 0.25) is 0 Å². The maximum Gasteiger partial charge on any atom is 0.326 e. The second-order valence-corrected chi connectivity index (χ2v) is 4.00. The number of guanidine groups is 1. The summed E-state index contributed by atoms with van der Waals surface area (Å²) >= 11 is 0. The fourth-order valence-electron chi connectivity index (χ4n) is 1.40. The molecule has 0 saturated heterocycles. The molecule has 8 nitrogen and oxygen atoms in total. The van der Waals surface area contributed by atoms with Gasteiger partial charge in [-0.2, -0.15) is 0 Å². The molecule has 0 aromatic carbocycles. The van der Waals surface area contributed by atoms with Gasteiger partial charge in [-0.3, -0.25) is 10.2 Å². The molecule has 0 fully saturated rings. The van der Waals surface area contributed by atoms with Crippen LogP contribution in [0.25, 0.3) is 0 Å². The molecule has 6 N–H and O–H groups in total. The Morgan fingerprint density at radius 3 is 2.58 bits per heavy atom. The van der Waals surface area contributed by atoms with Gasteiger partial charge in [0.15, 0.2) is 5.96 Å². The first-order valence-electron chi connectivity index (χ1n) is 6.01. The van der Waals surface area contributed by atoms with Crippen LogP contribution in [0.1, 0.15) is 32.1 Å². The SMILES string of the molecule is N=C(N)NCCC[C@H](NC(=O)CCCC=O)C(=O)O. The van der Waals surface area contributed by atoms with Crippen LogP contribution in [0.4, 0.5) is 0 Å². The van der Waals surface area contributed by atoms with Crippen LogP contribution in [0, 0.1) is 5.41 Å². The molecule has 0 spiro atoms. The summed E-state index contributed by atoms with van der Waals surface area (Å²) in [5.41, 5.74) is 5.08. The van der Waals surface area contributed by atoms with Crippen molar-refractivity contribution >= 4 is 24.1 Å². The predicted octanol–water partition coefficient (Wildman–Crippen LogP) is -0.812. The fourth-order valence-corrected chi connectivity index (χ4v) is 1.40. The van der Waals surface area contributed by atoms with Gasteiger partial charge in [0.25, 0.3) is 0 Å². The average molecular weight is 272 g/mol. The molecule has 0 aliphatic heterocycles. The molecular formula is C11H20N4O4. The van der Waals surface area contributed by atoms with Gasteiger partial charge in [0.05, 0.1) is 0 Å². The van der Waals surface area contributed by atoms with Crippen molar-refractivity contribution in [2.24, 2.45) is 5.73 Å². The number of hydrogen-bond donors (Lipinski definition) is 5. The number of unbranched alkanes of at least 4 members (excludes halogenated alkanes) is 1. The molecule has 0 heterocycles. The number of amides is 1. The summed E-state index contributed by atoms with van der Waals surface area (Å²) in [7, 11) is 0. The van der Waals surface area contributed by atoms with E-state index in [4.69, 9.17) is 16.2 Å². The van der Waals surface area contributed by atoms with Gasteiger partial charge >= 0.3 is 5.97 Å². The minimum Gasteiger partial charge on any atom is -0.480 e. The lowest BCUT2D eigenvalue weighted by atomic mass is 10.1. The van der Waals surface area contributed by atoms with E-state index in [1.165, 1.54) is 0 Å². The van der Waals surface area contributed by atoms with Crippen molar-refractivity contribution < 1.29 is 19.5 Å². The molecule has 0 unspecified atom stereocenters. The van der Waals surface area contributed by atoms with E-state index in [0.717, 1.165) is 6.29 Å². The maximum absolute atomic E-state index is 11.4. The molecule has 0 bridgehead atoms. The van der Waals surface area contributed by atoms with Crippen LogP contribution in [0.3, 0.4) is 0 Å². The van der Waals surface area contributed by atoms with Gasteiger partial charge < -0.3 is 26.3 Å². The van der Waals surface area contributed by atoms with Crippen molar-refractivity contribution in [2.75, 3.05) is 6.54 Å². The number of carboxylic acid groups (broad SMARTS) is 1. The van der Waals surface area contributed by atoms with Crippen LogP contribution < -0.4 is 16.4 Å². The third kappa shape index (κ3) is 9.57.